The summed E-state index contributed by atoms with van der Waals surface area (Å²) in [6, 6.07) is 13.3. The lowest BCUT2D eigenvalue weighted by atomic mass is 10.1. The summed E-state index contributed by atoms with van der Waals surface area (Å²) in [4.78, 5) is 16.8. The Labute approximate surface area is 199 Å². The Bertz CT molecular complexity index is 1270. The molecule has 0 saturated heterocycles. The lowest BCUT2D eigenvalue weighted by Crippen LogP contribution is -2.13. The first-order valence-electron chi connectivity index (χ1n) is 9.94. The first kappa shape index (κ1) is 22.8. The smallest absolute Gasteiger partial charge is 0.236 e. The number of hydrogen-bond acceptors (Lipinski definition) is 9. The minimum atomic E-state index is -0.147. The maximum atomic E-state index is 12.4. The highest BCUT2D eigenvalue weighted by Gasteiger charge is 2.15. The molecule has 0 saturated carbocycles. The molecule has 4 rings (SSSR count). The molecule has 0 unspecified atom stereocenters. The predicted molar refractivity (Wildman–Crippen MR) is 131 cm³/mol. The highest BCUT2D eigenvalue weighted by Crippen LogP contribution is 2.40. The molecule has 0 fully saturated rings. The van der Waals surface area contributed by atoms with E-state index in [9.17, 15) is 4.79 Å². The van der Waals surface area contributed by atoms with E-state index in [1.165, 1.54) is 23.1 Å². The summed E-state index contributed by atoms with van der Waals surface area (Å²) in [6.07, 6.45) is 0. The van der Waals surface area contributed by atoms with Crippen molar-refractivity contribution >= 4 is 44.4 Å². The number of aryl methyl sites for hydroxylation is 1. The standard InChI is InChI=1S/C23H22N4O4S2/c1-13-5-6-16-19(9-13)33-23(24-16)25-20(28)12-32-21-8-7-15(26-27-21)14-10-17(29-2)22(31-4)18(11-14)30-3/h5-11H,12H2,1-4H3,(H,24,25,28). The highest BCUT2D eigenvalue weighted by molar-refractivity contribution is 7.99. The molecule has 170 valence electrons. The normalized spacial score (nSPS) is 10.8. The molecule has 8 nitrogen and oxygen atoms in total. The van der Waals surface area contributed by atoms with Crippen molar-refractivity contribution in [3.63, 3.8) is 0 Å². The molecule has 4 aromatic rings. The zero-order valence-corrected chi connectivity index (χ0v) is 20.2. The van der Waals surface area contributed by atoms with Gasteiger partial charge in [-0.15, -0.1) is 10.2 Å². The van der Waals surface area contributed by atoms with Crippen molar-refractivity contribution in [3.8, 4) is 28.5 Å². The summed E-state index contributed by atoms with van der Waals surface area (Å²) in [5, 5.41) is 12.6. The number of rotatable bonds is 8. The maximum Gasteiger partial charge on any atom is 0.236 e. The summed E-state index contributed by atoms with van der Waals surface area (Å²) in [5.74, 6) is 1.64. The largest absolute Gasteiger partial charge is 0.493 e. The number of nitrogens with zero attached hydrogens (tertiary/aromatic N) is 3. The van der Waals surface area contributed by atoms with E-state index in [1.807, 2.05) is 43.3 Å². The number of ether oxygens (including phenoxy) is 3. The molecule has 0 aliphatic rings. The van der Waals surface area contributed by atoms with Gasteiger partial charge in [-0.05, 0) is 48.9 Å². The van der Waals surface area contributed by atoms with Crippen molar-refractivity contribution < 1.29 is 19.0 Å². The van der Waals surface area contributed by atoms with Crippen LogP contribution in [0.4, 0.5) is 5.13 Å². The van der Waals surface area contributed by atoms with Gasteiger partial charge in [-0.1, -0.05) is 29.2 Å². The van der Waals surface area contributed by atoms with Gasteiger partial charge in [-0.3, -0.25) is 4.79 Å². The Morgan fingerprint density at radius 3 is 2.39 bits per heavy atom. The third-order valence-electron chi connectivity index (χ3n) is 4.74. The third kappa shape index (κ3) is 5.18. The van der Waals surface area contributed by atoms with Crippen molar-refractivity contribution in [1.82, 2.24) is 15.2 Å². The maximum absolute atomic E-state index is 12.4. The van der Waals surface area contributed by atoms with Gasteiger partial charge in [-0.2, -0.15) is 0 Å². The second-order valence-electron chi connectivity index (χ2n) is 7.00. The minimum absolute atomic E-state index is 0.147. The first-order chi connectivity index (χ1) is 16.0. The van der Waals surface area contributed by atoms with Crippen molar-refractivity contribution in [2.75, 3.05) is 32.4 Å². The summed E-state index contributed by atoms with van der Waals surface area (Å²) >= 11 is 2.76. The van der Waals surface area contributed by atoms with E-state index >= 15 is 0 Å². The Morgan fingerprint density at radius 2 is 1.76 bits per heavy atom. The zero-order chi connectivity index (χ0) is 23.4. The molecule has 0 radical (unpaired) electrons. The second kappa shape index (κ2) is 10.1. The number of benzene rings is 2. The van der Waals surface area contributed by atoms with E-state index in [-0.39, 0.29) is 11.7 Å². The fourth-order valence-electron chi connectivity index (χ4n) is 3.16. The third-order valence-corrected chi connectivity index (χ3v) is 6.60. The lowest BCUT2D eigenvalue weighted by molar-refractivity contribution is -0.113. The molecule has 1 amide bonds. The number of hydrogen-bond donors (Lipinski definition) is 1. The number of carbonyl (C=O) groups excluding carboxylic acids is 1. The molecule has 2 aromatic carbocycles. The van der Waals surface area contributed by atoms with Gasteiger partial charge in [0.25, 0.3) is 0 Å². The van der Waals surface area contributed by atoms with Gasteiger partial charge in [0.2, 0.25) is 11.7 Å². The van der Waals surface area contributed by atoms with Gasteiger partial charge in [0.05, 0.1) is 43.0 Å². The molecule has 0 aliphatic heterocycles. The number of carbonyl (C=O) groups is 1. The van der Waals surface area contributed by atoms with E-state index in [0.29, 0.717) is 33.1 Å². The SMILES string of the molecule is COc1cc(-c2ccc(SCC(=O)Nc3nc4ccc(C)cc4s3)nn2)cc(OC)c1OC. The van der Waals surface area contributed by atoms with Crippen LogP contribution < -0.4 is 19.5 Å². The molecule has 0 spiro atoms. The lowest BCUT2D eigenvalue weighted by Gasteiger charge is -2.13. The number of nitrogens with one attached hydrogen (secondary N) is 1. The Morgan fingerprint density at radius 1 is 1.00 bits per heavy atom. The van der Waals surface area contributed by atoms with Gasteiger partial charge in [0.15, 0.2) is 16.6 Å². The zero-order valence-electron chi connectivity index (χ0n) is 18.5. The van der Waals surface area contributed by atoms with E-state index in [2.05, 4.69) is 26.6 Å². The van der Waals surface area contributed by atoms with Gasteiger partial charge in [0, 0.05) is 5.56 Å². The van der Waals surface area contributed by atoms with Crippen LogP contribution in [0.5, 0.6) is 17.2 Å². The predicted octanol–water partition coefficient (Wildman–Crippen LogP) is 4.82. The van der Waals surface area contributed by atoms with Gasteiger partial charge in [-0.25, -0.2) is 4.98 Å². The van der Waals surface area contributed by atoms with Crippen LogP contribution in [0.1, 0.15) is 5.56 Å². The van der Waals surface area contributed by atoms with Crippen LogP contribution in [0.15, 0.2) is 47.5 Å². The molecule has 0 atom stereocenters. The number of thioether (sulfide) groups is 1. The number of anilines is 1. The molecule has 2 aromatic heterocycles. The van der Waals surface area contributed by atoms with E-state index < -0.39 is 0 Å². The van der Waals surface area contributed by atoms with E-state index in [0.717, 1.165) is 21.3 Å². The Kier molecular flexibility index (Phi) is 6.95. The van der Waals surface area contributed by atoms with Crippen molar-refractivity contribution in [2.24, 2.45) is 0 Å². The molecule has 0 aliphatic carbocycles. The highest BCUT2D eigenvalue weighted by atomic mass is 32.2. The van der Waals surface area contributed by atoms with Crippen LogP contribution in [-0.4, -0.2) is 48.2 Å². The van der Waals surface area contributed by atoms with Crippen molar-refractivity contribution in [1.29, 1.82) is 0 Å². The molecular weight excluding hydrogens is 460 g/mol. The van der Waals surface area contributed by atoms with Crippen LogP contribution in [0.25, 0.3) is 21.5 Å². The van der Waals surface area contributed by atoms with Crippen LogP contribution in [-0.2, 0) is 4.79 Å². The number of methoxy groups -OCH3 is 3. The van der Waals surface area contributed by atoms with E-state index in [4.69, 9.17) is 14.2 Å². The van der Waals surface area contributed by atoms with Gasteiger partial charge < -0.3 is 19.5 Å². The summed E-state index contributed by atoms with van der Waals surface area (Å²) in [6.45, 7) is 2.03. The average Bonchev–Trinajstić information content (AvgIpc) is 3.23. The fraction of sp³-hybridized carbons (Fsp3) is 0.217. The number of aromatic nitrogens is 3. The van der Waals surface area contributed by atoms with Crippen LogP contribution >= 0.6 is 23.1 Å². The minimum Gasteiger partial charge on any atom is -0.493 e. The molecule has 2 heterocycles. The van der Waals surface area contributed by atoms with Crippen molar-refractivity contribution in [2.45, 2.75) is 11.9 Å². The Balaban J connectivity index is 1.40. The molecule has 33 heavy (non-hydrogen) atoms. The number of thiazole rings is 1. The summed E-state index contributed by atoms with van der Waals surface area (Å²) in [5.41, 5.74) is 3.46. The molecule has 10 heteroatoms. The topological polar surface area (TPSA) is 95.5 Å². The van der Waals surface area contributed by atoms with Crippen LogP contribution in [0.3, 0.4) is 0 Å². The number of amides is 1. The molecular formula is C23H22N4O4S2. The molecule has 0 bridgehead atoms. The fourth-order valence-corrected chi connectivity index (χ4v) is 4.75. The average molecular weight is 483 g/mol. The van der Waals surface area contributed by atoms with E-state index in [1.54, 1.807) is 21.3 Å². The van der Waals surface area contributed by atoms with Crippen LogP contribution in [0, 0.1) is 6.92 Å². The summed E-state index contributed by atoms with van der Waals surface area (Å²) < 4.78 is 17.2. The monoisotopic (exact) mass is 482 g/mol. The number of fused-ring (bicyclic) bond motifs is 1. The molecule has 1 N–H and O–H groups in total. The second-order valence-corrected chi connectivity index (χ2v) is 9.02. The quantitative estimate of drug-likeness (QED) is 0.357. The van der Waals surface area contributed by atoms with Gasteiger partial charge in [0.1, 0.15) is 5.03 Å². The Hall–Kier alpha value is -3.37. The van der Waals surface area contributed by atoms with Gasteiger partial charge >= 0.3 is 0 Å². The van der Waals surface area contributed by atoms with Crippen LogP contribution in [0.2, 0.25) is 0 Å². The first-order valence-corrected chi connectivity index (χ1v) is 11.7. The summed E-state index contributed by atoms with van der Waals surface area (Å²) in [7, 11) is 4.68. The van der Waals surface area contributed by atoms with Crippen molar-refractivity contribution in [3.05, 3.63) is 48.0 Å².